The minimum Gasteiger partial charge on any atom is -0.299 e. The molecular formula is C17H26BrFN2O. The average Bonchev–Trinajstić information content (AvgIpc) is 2.85. The van der Waals surface area contributed by atoms with E-state index in [1.165, 1.54) is 12.1 Å². The first kappa shape index (κ1) is 20.8. The molecular weight excluding hydrogens is 347 g/mol. The normalized spacial score (nSPS) is 16.3. The third kappa shape index (κ3) is 5.52. The molecule has 0 aliphatic carbocycles. The first-order valence-electron chi connectivity index (χ1n) is 7.80. The molecule has 0 spiro atoms. The number of hydrogen-bond donors (Lipinski definition) is 0. The van der Waals surface area contributed by atoms with Gasteiger partial charge in [0.15, 0.2) is 6.04 Å². The number of alkyl halides is 1. The van der Waals surface area contributed by atoms with Gasteiger partial charge in [0.25, 0.3) is 5.91 Å². The Kier molecular flexibility index (Phi) is 10.7. The van der Waals surface area contributed by atoms with Crippen molar-refractivity contribution in [3.05, 3.63) is 35.6 Å². The second kappa shape index (κ2) is 11.4. The highest BCUT2D eigenvalue weighted by Crippen LogP contribution is 2.26. The van der Waals surface area contributed by atoms with E-state index in [1.54, 1.807) is 17.0 Å². The summed E-state index contributed by atoms with van der Waals surface area (Å²) in [6.45, 7) is 10.5. The van der Waals surface area contributed by atoms with Crippen LogP contribution in [0, 0.1) is 5.82 Å². The van der Waals surface area contributed by atoms with E-state index in [-0.39, 0.29) is 11.7 Å². The summed E-state index contributed by atoms with van der Waals surface area (Å²) in [5.41, 5.74) is 0.738. The van der Waals surface area contributed by atoms with Crippen LogP contribution in [0.4, 0.5) is 4.39 Å². The van der Waals surface area contributed by atoms with Gasteiger partial charge >= 0.3 is 0 Å². The smallest absolute Gasteiger partial charge is 0.257 e. The molecule has 0 bridgehead atoms. The number of carbonyl (C=O) groups is 1. The van der Waals surface area contributed by atoms with Crippen LogP contribution in [0.1, 0.15) is 52.6 Å². The van der Waals surface area contributed by atoms with Crippen molar-refractivity contribution < 1.29 is 9.18 Å². The van der Waals surface area contributed by atoms with Crippen molar-refractivity contribution in [1.29, 1.82) is 0 Å². The average molecular weight is 373 g/mol. The molecule has 0 N–H and O–H groups in total. The van der Waals surface area contributed by atoms with Gasteiger partial charge in [-0.3, -0.25) is 14.7 Å². The summed E-state index contributed by atoms with van der Waals surface area (Å²) in [6.07, 6.45) is 0.884. The Morgan fingerprint density at radius 3 is 2.23 bits per heavy atom. The maximum absolute atomic E-state index is 12.9. The van der Waals surface area contributed by atoms with Gasteiger partial charge in [-0.25, -0.2) is 4.39 Å². The van der Waals surface area contributed by atoms with Crippen LogP contribution in [0.2, 0.25) is 0 Å². The van der Waals surface area contributed by atoms with Crippen LogP contribution in [-0.2, 0) is 4.79 Å². The molecule has 1 heterocycles. The van der Waals surface area contributed by atoms with Crippen molar-refractivity contribution in [3.63, 3.8) is 0 Å². The SMILES string of the molecule is CC.CC.CC1=N[C@H](c2ccc(F)cc2)C(=O)N1CCCBr. The number of hydrogen-bond acceptors (Lipinski definition) is 2. The van der Waals surface area contributed by atoms with Gasteiger partial charge in [-0.1, -0.05) is 55.8 Å². The summed E-state index contributed by atoms with van der Waals surface area (Å²) < 4.78 is 12.9. The van der Waals surface area contributed by atoms with Gasteiger partial charge in [0.1, 0.15) is 11.7 Å². The molecule has 2 rings (SSSR count). The second-order valence-corrected chi connectivity index (χ2v) is 4.96. The molecule has 1 amide bonds. The second-order valence-electron chi connectivity index (χ2n) is 4.16. The molecule has 0 saturated heterocycles. The minimum atomic E-state index is -0.513. The summed E-state index contributed by atoms with van der Waals surface area (Å²) in [6, 6.07) is 5.43. The van der Waals surface area contributed by atoms with Crippen molar-refractivity contribution in [3.8, 4) is 0 Å². The molecule has 124 valence electrons. The van der Waals surface area contributed by atoms with E-state index >= 15 is 0 Å². The van der Waals surface area contributed by atoms with Crippen molar-refractivity contribution in [2.45, 2.75) is 47.1 Å². The Hall–Kier alpha value is -1.23. The number of halogens is 2. The molecule has 1 atom stereocenters. The monoisotopic (exact) mass is 372 g/mol. The maximum atomic E-state index is 12.9. The minimum absolute atomic E-state index is 0.0277. The summed E-state index contributed by atoms with van der Waals surface area (Å²) in [7, 11) is 0. The van der Waals surface area contributed by atoms with Gasteiger partial charge in [-0.15, -0.1) is 0 Å². The van der Waals surface area contributed by atoms with Crippen molar-refractivity contribution >= 4 is 27.7 Å². The predicted molar refractivity (Wildman–Crippen MR) is 95.1 cm³/mol. The van der Waals surface area contributed by atoms with Crippen LogP contribution < -0.4 is 0 Å². The number of amidine groups is 1. The molecule has 0 fully saturated rings. The lowest BCUT2D eigenvalue weighted by molar-refractivity contribution is -0.127. The van der Waals surface area contributed by atoms with Gasteiger partial charge in [0.05, 0.1) is 0 Å². The summed E-state index contributed by atoms with van der Waals surface area (Å²) in [5.74, 6) is 0.399. The maximum Gasteiger partial charge on any atom is 0.257 e. The molecule has 1 aromatic rings. The van der Waals surface area contributed by atoms with Crippen molar-refractivity contribution in [2.75, 3.05) is 11.9 Å². The van der Waals surface area contributed by atoms with Crippen LogP contribution in [0.15, 0.2) is 29.3 Å². The third-order valence-electron chi connectivity index (χ3n) is 2.91. The standard InChI is InChI=1S/C13H14BrFN2O.2C2H6/c1-9-16-12(10-3-5-11(15)6-4-10)13(18)17(9)8-2-7-14;2*1-2/h3-6,12H,2,7-8H2,1H3;2*1-2H3/t12-;;/m1../s1. The van der Waals surface area contributed by atoms with Crippen molar-refractivity contribution in [1.82, 2.24) is 4.90 Å². The zero-order valence-electron chi connectivity index (χ0n) is 14.1. The van der Waals surface area contributed by atoms with Crippen LogP contribution in [-0.4, -0.2) is 28.5 Å². The third-order valence-corrected chi connectivity index (χ3v) is 3.47. The molecule has 1 aliphatic heterocycles. The molecule has 0 unspecified atom stereocenters. The molecule has 5 heteroatoms. The van der Waals surface area contributed by atoms with Gasteiger partial charge in [0.2, 0.25) is 0 Å². The molecule has 0 saturated carbocycles. The molecule has 22 heavy (non-hydrogen) atoms. The predicted octanol–water partition coefficient (Wildman–Crippen LogP) is 4.96. The lowest BCUT2D eigenvalue weighted by Crippen LogP contribution is -2.33. The lowest BCUT2D eigenvalue weighted by atomic mass is 10.1. The number of nitrogens with zero attached hydrogens (tertiary/aromatic N) is 2. The topological polar surface area (TPSA) is 32.7 Å². The van der Waals surface area contributed by atoms with Crippen LogP contribution in [0.3, 0.4) is 0 Å². The largest absolute Gasteiger partial charge is 0.299 e. The molecule has 1 aromatic carbocycles. The number of rotatable bonds is 4. The Bertz CT molecular complexity index is 474. The Morgan fingerprint density at radius 1 is 1.18 bits per heavy atom. The number of benzene rings is 1. The van der Waals surface area contributed by atoms with Gasteiger partial charge in [0, 0.05) is 11.9 Å². The van der Waals surface area contributed by atoms with Crippen LogP contribution in [0.25, 0.3) is 0 Å². The Labute approximate surface area is 141 Å². The van der Waals surface area contributed by atoms with Crippen LogP contribution in [0.5, 0.6) is 0 Å². The number of carbonyl (C=O) groups excluding carboxylic acids is 1. The Balaban J connectivity index is 0.00000102. The highest BCUT2D eigenvalue weighted by atomic mass is 79.9. The van der Waals surface area contributed by atoms with E-state index in [9.17, 15) is 9.18 Å². The van der Waals surface area contributed by atoms with E-state index < -0.39 is 6.04 Å². The fraction of sp³-hybridized carbons (Fsp3) is 0.529. The highest BCUT2D eigenvalue weighted by Gasteiger charge is 2.32. The van der Waals surface area contributed by atoms with E-state index in [4.69, 9.17) is 0 Å². The fourth-order valence-electron chi connectivity index (χ4n) is 1.97. The molecule has 0 radical (unpaired) electrons. The first-order valence-corrected chi connectivity index (χ1v) is 8.93. The van der Waals surface area contributed by atoms with E-state index in [0.717, 1.165) is 23.1 Å². The number of amides is 1. The van der Waals surface area contributed by atoms with Gasteiger partial charge in [-0.2, -0.15) is 0 Å². The summed E-state index contributed by atoms with van der Waals surface area (Å²) >= 11 is 3.35. The summed E-state index contributed by atoms with van der Waals surface area (Å²) in [4.78, 5) is 18.3. The van der Waals surface area contributed by atoms with E-state index in [0.29, 0.717) is 6.54 Å². The highest BCUT2D eigenvalue weighted by molar-refractivity contribution is 9.09. The van der Waals surface area contributed by atoms with Gasteiger partial charge < -0.3 is 0 Å². The molecule has 1 aliphatic rings. The first-order chi connectivity index (χ1) is 10.6. The van der Waals surface area contributed by atoms with Crippen molar-refractivity contribution in [2.24, 2.45) is 4.99 Å². The fourth-order valence-corrected chi connectivity index (χ4v) is 2.22. The van der Waals surface area contributed by atoms with Gasteiger partial charge in [-0.05, 0) is 31.0 Å². The van der Waals surface area contributed by atoms with E-state index in [2.05, 4.69) is 20.9 Å². The quantitative estimate of drug-likeness (QED) is 0.687. The molecule has 0 aromatic heterocycles. The lowest BCUT2D eigenvalue weighted by Gasteiger charge is -2.16. The van der Waals surface area contributed by atoms with Crippen LogP contribution >= 0.6 is 15.9 Å². The Morgan fingerprint density at radius 2 is 1.73 bits per heavy atom. The van der Waals surface area contributed by atoms with E-state index in [1.807, 2.05) is 34.6 Å². The zero-order valence-corrected chi connectivity index (χ0v) is 15.7. The summed E-state index contributed by atoms with van der Waals surface area (Å²) in [5, 5.41) is 0.852. The number of aliphatic imine (C=N–C) groups is 1. The molecule has 3 nitrogen and oxygen atoms in total. The zero-order chi connectivity index (χ0) is 17.1.